The van der Waals surface area contributed by atoms with Gasteiger partial charge in [0.15, 0.2) is 0 Å². The van der Waals surface area contributed by atoms with Gasteiger partial charge in [-0.15, -0.1) is 0 Å². The molecule has 0 aromatic heterocycles. The minimum Gasteiger partial charge on any atom is -0.491 e. The molecule has 0 bridgehead atoms. The van der Waals surface area contributed by atoms with Gasteiger partial charge in [-0.25, -0.2) is 0 Å². The van der Waals surface area contributed by atoms with Crippen LogP contribution in [0.4, 0.5) is 0 Å². The van der Waals surface area contributed by atoms with E-state index in [1.54, 1.807) is 0 Å². The summed E-state index contributed by atoms with van der Waals surface area (Å²) >= 11 is 0. The lowest BCUT2D eigenvalue weighted by atomic mass is 9.93. The van der Waals surface area contributed by atoms with Crippen molar-refractivity contribution < 1.29 is 33.5 Å². The SMILES string of the molecule is CCOCC(O)COc1cc(Cc2cccc(OCC3CO3)c2C)cc(Cc2ccc(C)c(OCC3CO3)c2)c1C. The van der Waals surface area contributed by atoms with Crippen molar-refractivity contribution >= 4 is 0 Å². The maximum Gasteiger partial charge on any atom is 0.122 e. The molecular weight excluding hydrogens is 520 g/mol. The Balaban J connectivity index is 1.39. The molecule has 3 aromatic carbocycles. The number of hydrogen-bond acceptors (Lipinski definition) is 7. The second-order valence-electron chi connectivity index (χ2n) is 11.0. The smallest absolute Gasteiger partial charge is 0.122 e. The Bertz CT molecular complexity index is 1310. The van der Waals surface area contributed by atoms with E-state index in [4.69, 9.17) is 28.4 Å². The lowest BCUT2D eigenvalue weighted by Crippen LogP contribution is -2.23. The van der Waals surface area contributed by atoms with Crippen LogP contribution in [0.15, 0.2) is 48.5 Å². The van der Waals surface area contributed by atoms with Crippen LogP contribution >= 0.6 is 0 Å². The molecule has 220 valence electrons. The molecule has 0 aliphatic carbocycles. The Kier molecular flexibility index (Phi) is 9.83. The molecule has 41 heavy (non-hydrogen) atoms. The van der Waals surface area contributed by atoms with Crippen molar-refractivity contribution in [3.05, 3.63) is 87.5 Å². The van der Waals surface area contributed by atoms with Gasteiger partial charge in [0.2, 0.25) is 0 Å². The van der Waals surface area contributed by atoms with E-state index in [1.807, 2.05) is 19.1 Å². The van der Waals surface area contributed by atoms with Crippen molar-refractivity contribution in [3.8, 4) is 17.2 Å². The molecular formula is C34H42O7. The summed E-state index contributed by atoms with van der Waals surface area (Å²) in [5, 5.41) is 10.4. The maximum absolute atomic E-state index is 10.4. The third kappa shape index (κ3) is 8.46. The zero-order chi connectivity index (χ0) is 28.8. The average molecular weight is 563 g/mol. The fraction of sp³-hybridized carbons (Fsp3) is 0.471. The Morgan fingerprint density at radius 3 is 2.12 bits per heavy atom. The van der Waals surface area contributed by atoms with E-state index < -0.39 is 6.10 Å². The quantitative estimate of drug-likeness (QED) is 0.243. The van der Waals surface area contributed by atoms with E-state index in [1.165, 1.54) is 16.7 Å². The van der Waals surface area contributed by atoms with Gasteiger partial charge in [-0.05, 0) is 97.7 Å². The van der Waals surface area contributed by atoms with Crippen molar-refractivity contribution in [2.75, 3.05) is 46.2 Å². The molecule has 1 N–H and O–H groups in total. The Morgan fingerprint density at radius 2 is 1.41 bits per heavy atom. The number of hydrogen-bond donors (Lipinski definition) is 1. The molecule has 3 aromatic rings. The van der Waals surface area contributed by atoms with Crippen molar-refractivity contribution in [1.82, 2.24) is 0 Å². The van der Waals surface area contributed by atoms with E-state index in [-0.39, 0.29) is 25.4 Å². The average Bonchev–Trinajstić information content (AvgIpc) is 3.89. The highest BCUT2D eigenvalue weighted by atomic mass is 16.6. The van der Waals surface area contributed by atoms with E-state index in [2.05, 4.69) is 57.2 Å². The highest BCUT2D eigenvalue weighted by molar-refractivity contribution is 5.49. The van der Waals surface area contributed by atoms with E-state index >= 15 is 0 Å². The third-order valence-corrected chi connectivity index (χ3v) is 7.57. The molecule has 0 amide bonds. The van der Waals surface area contributed by atoms with Crippen LogP contribution in [0, 0.1) is 20.8 Å². The maximum atomic E-state index is 10.4. The van der Waals surface area contributed by atoms with Gasteiger partial charge in [-0.3, -0.25) is 0 Å². The summed E-state index contributed by atoms with van der Waals surface area (Å²) in [4.78, 5) is 0. The minimum atomic E-state index is -0.694. The third-order valence-electron chi connectivity index (χ3n) is 7.57. The number of aliphatic hydroxyl groups excluding tert-OH is 1. The second kappa shape index (κ2) is 13.7. The Hall–Kier alpha value is -3.10. The highest BCUT2D eigenvalue weighted by Crippen LogP contribution is 2.31. The lowest BCUT2D eigenvalue weighted by molar-refractivity contribution is 0.0163. The van der Waals surface area contributed by atoms with Gasteiger partial charge in [0.1, 0.15) is 55.4 Å². The molecule has 5 rings (SSSR count). The normalized spacial score (nSPS) is 18.2. The first-order valence-corrected chi connectivity index (χ1v) is 14.6. The Labute approximate surface area is 243 Å². The molecule has 0 radical (unpaired) electrons. The minimum absolute atomic E-state index is 0.168. The molecule has 2 aliphatic heterocycles. The van der Waals surface area contributed by atoms with Gasteiger partial charge >= 0.3 is 0 Å². The predicted octanol–water partition coefficient (Wildman–Crippen LogP) is 5.12. The molecule has 0 saturated carbocycles. The van der Waals surface area contributed by atoms with Gasteiger partial charge in [0.25, 0.3) is 0 Å². The summed E-state index contributed by atoms with van der Waals surface area (Å²) in [7, 11) is 0. The number of epoxide rings is 2. The monoisotopic (exact) mass is 562 g/mol. The largest absolute Gasteiger partial charge is 0.491 e. The second-order valence-corrected chi connectivity index (χ2v) is 11.0. The number of rotatable bonds is 16. The summed E-state index contributed by atoms with van der Waals surface area (Å²) in [6.07, 6.45) is 1.20. The van der Waals surface area contributed by atoms with Crippen LogP contribution in [0.5, 0.6) is 17.2 Å². The van der Waals surface area contributed by atoms with Crippen molar-refractivity contribution in [3.63, 3.8) is 0 Å². The molecule has 7 nitrogen and oxygen atoms in total. The zero-order valence-corrected chi connectivity index (χ0v) is 24.6. The summed E-state index contributed by atoms with van der Waals surface area (Å²) in [6.45, 7) is 11.8. The van der Waals surface area contributed by atoms with Gasteiger partial charge in [0.05, 0.1) is 19.8 Å². The van der Waals surface area contributed by atoms with Crippen molar-refractivity contribution in [1.29, 1.82) is 0 Å². The molecule has 3 atom stereocenters. The van der Waals surface area contributed by atoms with Crippen LogP contribution in [0.25, 0.3) is 0 Å². The number of benzene rings is 3. The van der Waals surface area contributed by atoms with E-state index in [0.29, 0.717) is 19.8 Å². The fourth-order valence-electron chi connectivity index (χ4n) is 4.78. The summed E-state index contributed by atoms with van der Waals surface area (Å²) in [5.74, 6) is 2.56. The van der Waals surface area contributed by atoms with Crippen LogP contribution in [0.3, 0.4) is 0 Å². The first-order valence-electron chi connectivity index (χ1n) is 14.6. The molecule has 2 saturated heterocycles. The first kappa shape index (κ1) is 29.4. The van der Waals surface area contributed by atoms with Crippen LogP contribution in [-0.4, -0.2) is 69.7 Å². The number of aryl methyl sites for hydroxylation is 1. The van der Waals surface area contributed by atoms with Crippen LogP contribution < -0.4 is 14.2 Å². The van der Waals surface area contributed by atoms with Crippen LogP contribution in [0.2, 0.25) is 0 Å². The van der Waals surface area contributed by atoms with Crippen molar-refractivity contribution in [2.24, 2.45) is 0 Å². The number of aliphatic hydroxyl groups is 1. The lowest BCUT2D eigenvalue weighted by Gasteiger charge is -2.19. The first-order chi connectivity index (χ1) is 19.9. The molecule has 2 fully saturated rings. The van der Waals surface area contributed by atoms with E-state index in [9.17, 15) is 5.11 Å². The van der Waals surface area contributed by atoms with Crippen molar-refractivity contribution in [2.45, 2.75) is 58.8 Å². The summed E-state index contributed by atoms with van der Waals surface area (Å²) < 4.78 is 34.3. The Morgan fingerprint density at radius 1 is 0.756 bits per heavy atom. The summed E-state index contributed by atoms with van der Waals surface area (Å²) in [6, 6.07) is 17.0. The zero-order valence-electron chi connectivity index (χ0n) is 24.6. The van der Waals surface area contributed by atoms with Gasteiger partial charge < -0.3 is 33.5 Å². The van der Waals surface area contributed by atoms with Gasteiger partial charge in [-0.1, -0.05) is 30.3 Å². The van der Waals surface area contributed by atoms with Gasteiger partial charge in [0, 0.05) is 6.61 Å². The molecule has 2 aliphatic rings. The molecule has 7 heteroatoms. The standard InChI is InChI=1S/C34H42O7/c1-5-36-16-29(35)17-39-34-15-26(12-27-7-6-8-32(23(27)3)40-20-30-18-37-30)13-28(24(34)4)11-25-10-9-22(2)33(14-25)41-21-31-19-38-31/h6-10,13-15,29-31,35H,5,11-12,16-21H2,1-4H3. The summed E-state index contributed by atoms with van der Waals surface area (Å²) in [5.41, 5.74) is 7.98. The predicted molar refractivity (Wildman–Crippen MR) is 158 cm³/mol. The van der Waals surface area contributed by atoms with Gasteiger partial charge in [-0.2, -0.15) is 0 Å². The molecule has 3 unspecified atom stereocenters. The van der Waals surface area contributed by atoms with Crippen LogP contribution in [-0.2, 0) is 27.1 Å². The highest BCUT2D eigenvalue weighted by Gasteiger charge is 2.24. The molecule has 2 heterocycles. The number of ether oxygens (including phenoxy) is 6. The molecule has 0 spiro atoms. The topological polar surface area (TPSA) is 82.2 Å². The van der Waals surface area contributed by atoms with Crippen LogP contribution in [0.1, 0.15) is 45.9 Å². The fourth-order valence-corrected chi connectivity index (χ4v) is 4.78. The van der Waals surface area contributed by atoms with E-state index in [0.717, 1.165) is 65.6 Å².